The number of hydrogen-bond donors (Lipinski definition) is 2. The number of aromatic hydroxyl groups is 1. The Labute approximate surface area is 201 Å². The van der Waals surface area contributed by atoms with Gasteiger partial charge in [-0.15, -0.1) is 24.0 Å². The molecule has 2 heterocycles. The molecule has 1 aliphatic carbocycles. The van der Waals surface area contributed by atoms with Crippen molar-refractivity contribution in [3.8, 4) is 11.6 Å². The maximum atomic E-state index is 10.1. The molecule has 1 aliphatic heterocycles. The largest absolute Gasteiger partial charge is 0.506 e. The maximum absolute atomic E-state index is 10.1. The molecule has 168 valence electrons. The van der Waals surface area contributed by atoms with E-state index >= 15 is 0 Å². The zero-order valence-corrected chi connectivity index (χ0v) is 20.4. The van der Waals surface area contributed by atoms with Crippen LogP contribution >= 0.6 is 24.0 Å². The van der Waals surface area contributed by atoms with Gasteiger partial charge in [0, 0.05) is 52.0 Å². The van der Waals surface area contributed by atoms with Crippen LogP contribution in [0.3, 0.4) is 0 Å². The number of para-hydroxylation sites is 2. The molecule has 1 saturated heterocycles. The molecule has 4 rings (SSSR count). The summed E-state index contributed by atoms with van der Waals surface area (Å²) in [4.78, 5) is 13.3. The third kappa shape index (κ3) is 6.15. The van der Waals surface area contributed by atoms with Gasteiger partial charge in [-0.2, -0.15) is 0 Å². The highest BCUT2D eigenvalue weighted by Gasteiger charge is 2.21. The van der Waals surface area contributed by atoms with Crippen molar-refractivity contribution in [3.63, 3.8) is 0 Å². The van der Waals surface area contributed by atoms with E-state index in [9.17, 15) is 5.11 Å². The lowest BCUT2D eigenvalue weighted by Crippen LogP contribution is -2.52. The third-order valence-corrected chi connectivity index (χ3v) is 5.85. The van der Waals surface area contributed by atoms with E-state index in [-0.39, 0.29) is 24.0 Å². The predicted molar refractivity (Wildman–Crippen MR) is 135 cm³/mol. The number of pyridine rings is 1. The van der Waals surface area contributed by atoms with E-state index < -0.39 is 0 Å². The number of halogens is 1. The van der Waals surface area contributed by atoms with Crippen LogP contribution in [0.2, 0.25) is 0 Å². The van der Waals surface area contributed by atoms with Crippen molar-refractivity contribution in [1.29, 1.82) is 0 Å². The fourth-order valence-corrected chi connectivity index (χ4v) is 4.21. The van der Waals surface area contributed by atoms with Crippen molar-refractivity contribution in [2.24, 2.45) is 4.99 Å². The van der Waals surface area contributed by atoms with E-state index in [0.29, 0.717) is 24.3 Å². The number of nitrogens with one attached hydrogen (secondary N) is 1. The number of phenolic OH excluding ortho intramolecular Hbond substituents is 1. The summed E-state index contributed by atoms with van der Waals surface area (Å²) in [7, 11) is 1.82. The Morgan fingerprint density at radius 2 is 1.90 bits per heavy atom. The molecule has 7 nitrogen and oxygen atoms in total. The number of aromatic nitrogens is 1. The van der Waals surface area contributed by atoms with Gasteiger partial charge in [0.2, 0.25) is 5.88 Å². The van der Waals surface area contributed by atoms with Gasteiger partial charge in [-0.1, -0.05) is 12.1 Å². The van der Waals surface area contributed by atoms with Gasteiger partial charge in [-0.3, -0.25) is 4.99 Å². The van der Waals surface area contributed by atoms with Gasteiger partial charge in [0.25, 0.3) is 0 Å². The molecule has 0 amide bonds. The van der Waals surface area contributed by atoms with Crippen LogP contribution in [0, 0.1) is 0 Å². The van der Waals surface area contributed by atoms with Crippen molar-refractivity contribution in [2.45, 2.75) is 38.3 Å². The molecule has 31 heavy (non-hydrogen) atoms. The quantitative estimate of drug-likeness (QED) is 0.345. The Bertz CT molecular complexity index is 865. The van der Waals surface area contributed by atoms with Crippen LogP contribution in [0.1, 0.15) is 31.2 Å². The van der Waals surface area contributed by atoms with Crippen LogP contribution in [0.25, 0.3) is 0 Å². The summed E-state index contributed by atoms with van der Waals surface area (Å²) in [5, 5.41) is 13.6. The van der Waals surface area contributed by atoms with Crippen LogP contribution in [0.5, 0.6) is 11.6 Å². The van der Waals surface area contributed by atoms with Crippen molar-refractivity contribution in [2.75, 3.05) is 38.1 Å². The first-order valence-electron chi connectivity index (χ1n) is 10.8. The number of nitrogens with zero attached hydrogens (tertiary/aromatic N) is 4. The average molecular weight is 537 g/mol. The highest BCUT2D eigenvalue weighted by atomic mass is 127. The van der Waals surface area contributed by atoms with Gasteiger partial charge in [-0.25, -0.2) is 4.98 Å². The van der Waals surface area contributed by atoms with Crippen molar-refractivity contribution in [1.82, 2.24) is 15.2 Å². The Balaban J connectivity index is 0.00000272. The van der Waals surface area contributed by atoms with Crippen LogP contribution in [-0.4, -0.2) is 60.3 Å². The molecule has 0 spiro atoms. The lowest BCUT2D eigenvalue weighted by atomic mass is 10.2. The van der Waals surface area contributed by atoms with E-state index in [2.05, 4.69) is 25.1 Å². The topological polar surface area (TPSA) is 73.2 Å². The first-order chi connectivity index (χ1) is 14.7. The molecule has 0 bridgehead atoms. The van der Waals surface area contributed by atoms with E-state index in [4.69, 9.17) is 4.74 Å². The second-order valence-electron chi connectivity index (χ2n) is 7.89. The fraction of sp³-hybridized carbons (Fsp3) is 0.478. The second kappa shape index (κ2) is 11.4. The Hall–Kier alpha value is -2.23. The first kappa shape index (κ1) is 23.4. The molecule has 2 aromatic rings. The number of phenols is 1. The first-order valence-corrected chi connectivity index (χ1v) is 10.8. The second-order valence-corrected chi connectivity index (χ2v) is 7.89. The normalized spacial score (nSPS) is 17.4. The summed E-state index contributed by atoms with van der Waals surface area (Å²) < 4.78 is 6.02. The summed E-state index contributed by atoms with van der Waals surface area (Å²) in [5.41, 5.74) is 2.03. The number of piperazine rings is 1. The summed E-state index contributed by atoms with van der Waals surface area (Å²) in [5.74, 6) is 1.94. The van der Waals surface area contributed by atoms with Crippen LogP contribution in [-0.2, 0) is 6.54 Å². The van der Waals surface area contributed by atoms with E-state index in [1.807, 2.05) is 43.6 Å². The number of aliphatic imine (C=N–C) groups is 1. The summed E-state index contributed by atoms with van der Waals surface area (Å²) in [6.07, 6.45) is 6.88. The van der Waals surface area contributed by atoms with Crippen molar-refractivity contribution in [3.05, 3.63) is 48.2 Å². The minimum atomic E-state index is 0. The van der Waals surface area contributed by atoms with Gasteiger partial charge in [0.05, 0.1) is 5.69 Å². The number of guanidine groups is 1. The van der Waals surface area contributed by atoms with Crippen LogP contribution in [0.15, 0.2) is 47.6 Å². The molecule has 0 radical (unpaired) electrons. The molecular formula is C23H32IN5O2. The lowest BCUT2D eigenvalue weighted by molar-refractivity contribution is 0.201. The Morgan fingerprint density at radius 3 is 2.61 bits per heavy atom. The standard InChI is InChI=1S/C23H31N5O2.HI/c1-24-23(28-14-12-27(13-15-28)20-8-4-5-9-21(20)29)26-17-18-10-11-25-22(16-18)30-19-6-2-3-7-19;/h4-5,8-11,16,19,29H,2-3,6-7,12-15,17H2,1H3,(H,24,26);1H. The van der Waals surface area contributed by atoms with E-state index in [1.54, 1.807) is 6.07 Å². The van der Waals surface area contributed by atoms with Gasteiger partial charge in [-0.05, 0) is 49.4 Å². The molecule has 2 N–H and O–H groups in total. The molecule has 0 atom stereocenters. The minimum absolute atomic E-state index is 0. The molecule has 1 aromatic carbocycles. The van der Waals surface area contributed by atoms with Crippen LogP contribution < -0.4 is 15.0 Å². The van der Waals surface area contributed by atoms with Crippen molar-refractivity contribution >= 4 is 35.6 Å². The number of ether oxygens (including phenoxy) is 1. The Morgan fingerprint density at radius 1 is 1.16 bits per heavy atom. The molecule has 0 unspecified atom stereocenters. The van der Waals surface area contributed by atoms with Crippen LogP contribution in [0.4, 0.5) is 5.69 Å². The summed E-state index contributed by atoms with van der Waals surface area (Å²) in [6.45, 7) is 4.05. The van der Waals surface area contributed by atoms with Gasteiger partial charge < -0.3 is 25.0 Å². The Kier molecular flexibility index (Phi) is 8.62. The number of hydrogen-bond acceptors (Lipinski definition) is 5. The van der Waals surface area contributed by atoms with Crippen molar-refractivity contribution < 1.29 is 9.84 Å². The third-order valence-electron chi connectivity index (χ3n) is 5.85. The highest BCUT2D eigenvalue weighted by molar-refractivity contribution is 14.0. The maximum Gasteiger partial charge on any atom is 0.213 e. The molecule has 2 aliphatic rings. The zero-order valence-electron chi connectivity index (χ0n) is 18.0. The van der Waals surface area contributed by atoms with Gasteiger partial charge in [0.1, 0.15) is 11.9 Å². The summed E-state index contributed by atoms with van der Waals surface area (Å²) in [6, 6.07) is 11.5. The van der Waals surface area contributed by atoms with Gasteiger partial charge in [0.15, 0.2) is 5.96 Å². The smallest absolute Gasteiger partial charge is 0.213 e. The summed E-state index contributed by atoms with van der Waals surface area (Å²) >= 11 is 0. The van der Waals surface area contributed by atoms with E-state index in [0.717, 1.165) is 56.2 Å². The molecule has 1 aromatic heterocycles. The zero-order chi connectivity index (χ0) is 20.8. The lowest BCUT2D eigenvalue weighted by Gasteiger charge is -2.37. The SMILES string of the molecule is CN=C(NCc1ccnc(OC2CCCC2)c1)N1CCN(c2ccccc2O)CC1.I. The average Bonchev–Trinajstić information content (AvgIpc) is 3.28. The minimum Gasteiger partial charge on any atom is -0.506 e. The fourth-order valence-electron chi connectivity index (χ4n) is 4.21. The highest BCUT2D eigenvalue weighted by Crippen LogP contribution is 2.27. The number of rotatable bonds is 5. The van der Waals surface area contributed by atoms with Gasteiger partial charge >= 0.3 is 0 Å². The molecular weight excluding hydrogens is 505 g/mol. The number of anilines is 1. The monoisotopic (exact) mass is 537 g/mol. The molecule has 8 heteroatoms. The molecule has 2 fully saturated rings. The molecule has 1 saturated carbocycles. The van der Waals surface area contributed by atoms with E-state index in [1.165, 1.54) is 12.8 Å². The predicted octanol–water partition coefficient (Wildman–Crippen LogP) is 3.62. The number of benzene rings is 1.